The number of fused-ring (bicyclic) bond motifs is 1. The number of aliphatic carboxylic acids is 1. The van der Waals surface area contributed by atoms with Crippen molar-refractivity contribution in [1.29, 1.82) is 0 Å². The van der Waals surface area contributed by atoms with E-state index in [1.807, 2.05) is 0 Å². The highest BCUT2D eigenvalue weighted by Gasteiger charge is 2.51. The van der Waals surface area contributed by atoms with Gasteiger partial charge in [-0.25, -0.2) is 13.6 Å². The first kappa shape index (κ1) is 16.9. The first-order valence-corrected chi connectivity index (χ1v) is 8.43. The molecule has 2 fully saturated rings. The van der Waals surface area contributed by atoms with E-state index in [1.54, 1.807) is 0 Å². The van der Waals surface area contributed by atoms with E-state index in [0.29, 0.717) is 25.8 Å². The van der Waals surface area contributed by atoms with Gasteiger partial charge in [0.1, 0.15) is 11.5 Å². The number of ketones is 2. The maximum Gasteiger partial charge on any atom is 0.334 e. The van der Waals surface area contributed by atoms with Crippen LogP contribution in [0.4, 0.5) is 20.2 Å². The number of carboxylic acid groups (broad SMARTS) is 1. The van der Waals surface area contributed by atoms with Crippen molar-refractivity contribution in [3.63, 3.8) is 0 Å². The van der Waals surface area contributed by atoms with Crippen LogP contribution < -0.4 is 15.5 Å². The summed E-state index contributed by atoms with van der Waals surface area (Å²) in [6, 6.07) is -1.53. The molecule has 0 aromatic heterocycles. The molecule has 1 saturated carbocycles. The molecule has 4 rings (SSSR count). The largest absolute Gasteiger partial charge is 0.479 e. The van der Waals surface area contributed by atoms with Gasteiger partial charge in [0, 0.05) is 25.2 Å². The van der Waals surface area contributed by atoms with E-state index >= 15 is 4.39 Å². The van der Waals surface area contributed by atoms with Gasteiger partial charge in [-0.3, -0.25) is 9.59 Å². The van der Waals surface area contributed by atoms with E-state index in [-0.39, 0.29) is 30.0 Å². The monoisotopic (exact) mass is 365 g/mol. The minimum atomic E-state index is -1.78. The molecule has 2 heterocycles. The summed E-state index contributed by atoms with van der Waals surface area (Å²) >= 11 is 0. The summed E-state index contributed by atoms with van der Waals surface area (Å²) in [4.78, 5) is 38.7. The van der Waals surface area contributed by atoms with Gasteiger partial charge in [-0.15, -0.1) is 0 Å². The Kier molecular flexibility index (Phi) is 3.72. The van der Waals surface area contributed by atoms with Crippen LogP contribution in [0.3, 0.4) is 0 Å². The highest BCUT2D eigenvalue weighted by atomic mass is 19.1. The number of rotatable bonds is 3. The van der Waals surface area contributed by atoms with Gasteiger partial charge >= 0.3 is 5.97 Å². The average Bonchev–Trinajstić information content (AvgIpc) is 3.32. The molecule has 3 aliphatic rings. The van der Waals surface area contributed by atoms with Gasteiger partial charge in [0.2, 0.25) is 11.6 Å². The van der Waals surface area contributed by atoms with Crippen LogP contribution in [-0.2, 0) is 9.59 Å². The lowest BCUT2D eigenvalue weighted by atomic mass is 9.91. The molecule has 9 heteroatoms. The Morgan fingerprint density at radius 1 is 1.19 bits per heavy atom. The number of benzene rings is 1. The predicted octanol–water partition coefficient (Wildman–Crippen LogP) is 0.690. The zero-order valence-corrected chi connectivity index (χ0v) is 13.7. The molecule has 1 aliphatic carbocycles. The fourth-order valence-electron chi connectivity index (χ4n) is 3.79. The molecule has 7 nitrogen and oxygen atoms in total. The molecule has 26 heavy (non-hydrogen) atoms. The van der Waals surface area contributed by atoms with E-state index in [9.17, 15) is 23.9 Å². The molecule has 2 atom stereocenters. The summed E-state index contributed by atoms with van der Waals surface area (Å²) in [5.41, 5.74) is 4.78. The van der Waals surface area contributed by atoms with Crippen molar-refractivity contribution in [1.82, 2.24) is 0 Å². The number of nitrogens with two attached hydrogens (primary N) is 1. The first-order valence-electron chi connectivity index (χ1n) is 8.43. The smallest absolute Gasteiger partial charge is 0.334 e. The van der Waals surface area contributed by atoms with Crippen LogP contribution in [0, 0.1) is 11.6 Å². The van der Waals surface area contributed by atoms with E-state index in [4.69, 9.17) is 5.73 Å². The van der Waals surface area contributed by atoms with Crippen LogP contribution in [0.1, 0.15) is 29.6 Å². The molecule has 138 valence electrons. The van der Waals surface area contributed by atoms with Gasteiger partial charge in [-0.2, -0.15) is 0 Å². The van der Waals surface area contributed by atoms with Gasteiger partial charge in [-0.05, 0) is 25.3 Å². The Morgan fingerprint density at radius 3 is 2.42 bits per heavy atom. The lowest BCUT2D eigenvalue weighted by molar-refractivity contribution is -0.141. The molecule has 2 unspecified atom stereocenters. The van der Waals surface area contributed by atoms with Gasteiger partial charge in [0.05, 0.1) is 11.3 Å². The topological polar surface area (TPSA) is 104 Å². The summed E-state index contributed by atoms with van der Waals surface area (Å²) in [6.45, 7) is 0.609. The van der Waals surface area contributed by atoms with Crippen LogP contribution in [0.15, 0.2) is 6.07 Å². The Bertz CT molecular complexity index is 840. The SMILES string of the molecule is NC1CCN(c2c(F)cc3c(c2F)N(C2CC2)C(C(=O)O)C(=O)C3=O)C1. The third-order valence-electron chi connectivity index (χ3n) is 5.14. The molecule has 0 amide bonds. The van der Waals surface area contributed by atoms with Crippen molar-refractivity contribution >= 4 is 28.9 Å². The van der Waals surface area contributed by atoms with E-state index in [0.717, 1.165) is 11.0 Å². The number of carbonyl (C=O) groups excluding carboxylic acids is 2. The minimum Gasteiger partial charge on any atom is -0.479 e. The molecule has 0 bridgehead atoms. The summed E-state index contributed by atoms with van der Waals surface area (Å²) in [6.07, 6.45) is 1.72. The minimum absolute atomic E-state index is 0.223. The van der Waals surface area contributed by atoms with Crippen LogP contribution >= 0.6 is 0 Å². The molecule has 1 aromatic carbocycles. The summed E-state index contributed by atoms with van der Waals surface area (Å²) < 4.78 is 29.9. The van der Waals surface area contributed by atoms with Crippen molar-refractivity contribution < 1.29 is 28.3 Å². The lowest BCUT2D eigenvalue weighted by Gasteiger charge is -2.36. The van der Waals surface area contributed by atoms with Gasteiger partial charge in [-0.1, -0.05) is 0 Å². The Balaban J connectivity index is 1.92. The van der Waals surface area contributed by atoms with Gasteiger partial charge in [0.15, 0.2) is 11.9 Å². The Labute approximate surface area is 147 Å². The number of anilines is 2. The van der Waals surface area contributed by atoms with E-state index in [1.165, 1.54) is 4.90 Å². The Hall–Kier alpha value is -2.55. The van der Waals surface area contributed by atoms with Gasteiger partial charge < -0.3 is 20.6 Å². The van der Waals surface area contributed by atoms with Crippen LogP contribution in [0.5, 0.6) is 0 Å². The Morgan fingerprint density at radius 2 is 1.88 bits per heavy atom. The second-order valence-electron chi connectivity index (χ2n) is 6.98. The number of carbonyl (C=O) groups is 3. The highest BCUT2D eigenvalue weighted by molar-refractivity contribution is 6.51. The lowest BCUT2D eigenvalue weighted by Crippen LogP contribution is -2.55. The van der Waals surface area contributed by atoms with Crippen molar-refractivity contribution in [3.05, 3.63) is 23.3 Å². The number of halogens is 2. The second kappa shape index (κ2) is 5.73. The first-order chi connectivity index (χ1) is 12.3. The standard InChI is InChI=1S/C17H17F2N3O4/c18-10-5-9-12(11(19)13(10)21-4-3-7(20)6-21)22(8-1-2-8)14(17(25)26)16(24)15(9)23/h5,7-8,14H,1-4,6,20H2,(H,25,26). The van der Waals surface area contributed by atoms with Crippen LogP contribution in [0.25, 0.3) is 0 Å². The van der Waals surface area contributed by atoms with E-state index < -0.39 is 40.8 Å². The normalized spacial score (nSPS) is 25.7. The van der Waals surface area contributed by atoms with Crippen molar-refractivity contribution in [3.8, 4) is 0 Å². The van der Waals surface area contributed by atoms with Gasteiger partial charge in [0.25, 0.3) is 0 Å². The molecule has 2 aliphatic heterocycles. The number of hydrogen-bond acceptors (Lipinski definition) is 6. The third kappa shape index (κ3) is 2.38. The molecule has 1 saturated heterocycles. The van der Waals surface area contributed by atoms with Crippen LogP contribution in [-0.4, -0.2) is 53.9 Å². The maximum atomic E-state index is 15.3. The molecule has 1 aromatic rings. The molecule has 3 N–H and O–H groups in total. The van der Waals surface area contributed by atoms with Crippen LogP contribution in [0.2, 0.25) is 0 Å². The van der Waals surface area contributed by atoms with Crippen molar-refractivity contribution in [2.45, 2.75) is 37.4 Å². The number of Topliss-reactive ketones (excluding diaryl/α,β-unsaturated/α-hetero) is 2. The number of nitrogens with zero attached hydrogens (tertiary/aromatic N) is 2. The predicted molar refractivity (Wildman–Crippen MR) is 87.4 cm³/mol. The molecule has 0 radical (unpaired) electrons. The molecular formula is C17H17F2N3O4. The summed E-state index contributed by atoms with van der Waals surface area (Å²) in [5, 5.41) is 9.42. The maximum absolute atomic E-state index is 15.3. The number of carboxylic acids is 1. The fraction of sp³-hybridized carbons (Fsp3) is 0.471. The summed E-state index contributed by atoms with van der Waals surface area (Å²) in [5.74, 6) is -5.83. The summed E-state index contributed by atoms with van der Waals surface area (Å²) in [7, 11) is 0. The zero-order valence-electron chi connectivity index (χ0n) is 13.7. The second-order valence-corrected chi connectivity index (χ2v) is 6.98. The third-order valence-corrected chi connectivity index (χ3v) is 5.14. The molecular weight excluding hydrogens is 348 g/mol. The number of hydrogen-bond donors (Lipinski definition) is 2. The van der Waals surface area contributed by atoms with E-state index in [2.05, 4.69) is 0 Å². The average molecular weight is 365 g/mol. The van der Waals surface area contributed by atoms with Crippen molar-refractivity contribution in [2.24, 2.45) is 5.73 Å². The quantitative estimate of drug-likeness (QED) is 0.600. The zero-order chi connectivity index (χ0) is 18.7. The molecule has 0 spiro atoms. The fourth-order valence-corrected chi connectivity index (χ4v) is 3.79. The van der Waals surface area contributed by atoms with Crippen molar-refractivity contribution in [2.75, 3.05) is 22.9 Å². The highest BCUT2D eigenvalue weighted by Crippen LogP contribution is 2.44.